The maximum Gasteiger partial charge on any atom is 0.341 e. The predicted molar refractivity (Wildman–Crippen MR) is 103 cm³/mol. The number of carbonyl (C=O) groups excluding carboxylic acids is 3. The average Bonchev–Trinajstić information content (AvgIpc) is 2.98. The van der Waals surface area contributed by atoms with E-state index in [0.717, 1.165) is 14.9 Å². The van der Waals surface area contributed by atoms with Gasteiger partial charge in [0.15, 0.2) is 0 Å². The van der Waals surface area contributed by atoms with Crippen molar-refractivity contribution in [2.24, 2.45) is 0 Å². The van der Waals surface area contributed by atoms with Crippen LogP contribution in [0.25, 0.3) is 0 Å². The Morgan fingerprint density at radius 2 is 1.92 bits per heavy atom. The number of amides is 2. The van der Waals surface area contributed by atoms with Gasteiger partial charge in [0.2, 0.25) is 5.91 Å². The highest BCUT2D eigenvalue weighted by atomic mass is 79.9. The molecular weight excluding hydrogens is 420 g/mol. The number of halogens is 1. The van der Waals surface area contributed by atoms with Crippen LogP contribution >= 0.6 is 27.3 Å². The minimum atomic E-state index is -0.482. The average molecular weight is 437 g/mol. The number of nitrogens with one attached hydrogen (secondary N) is 1. The highest BCUT2D eigenvalue weighted by Crippen LogP contribution is 2.37. The number of hydrogen-bond acceptors (Lipinski definition) is 5. The number of ether oxygens (including phenoxy) is 1. The summed E-state index contributed by atoms with van der Waals surface area (Å²) in [4.78, 5) is 39.1. The molecule has 0 spiro atoms. The van der Waals surface area contributed by atoms with Gasteiger partial charge in [0, 0.05) is 28.4 Å². The summed E-state index contributed by atoms with van der Waals surface area (Å²) in [6.07, 6.45) is 0.560. The standard InChI is InChI=1S/C18H17BrN2O4S/c1-10(22)21-8-7-13-14(9-21)26-17(15(13)18(24)25-2)20-16(23)11-3-5-12(19)6-4-11/h3-6H,7-9H2,1-2H3,(H,20,23). The molecule has 8 heteroatoms. The molecule has 1 aromatic heterocycles. The largest absolute Gasteiger partial charge is 0.465 e. The molecule has 0 bridgehead atoms. The summed E-state index contributed by atoms with van der Waals surface area (Å²) in [5, 5.41) is 3.28. The molecule has 2 heterocycles. The molecule has 1 aliphatic rings. The SMILES string of the molecule is COC(=O)c1c(NC(=O)c2ccc(Br)cc2)sc2c1CCN(C(C)=O)C2. The van der Waals surface area contributed by atoms with Gasteiger partial charge in [-0.05, 0) is 36.2 Å². The highest BCUT2D eigenvalue weighted by Gasteiger charge is 2.30. The number of nitrogens with zero attached hydrogens (tertiary/aromatic N) is 1. The van der Waals surface area contributed by atoms with Crippen LogP contribution in [-0.2, 0) is 22.5 Å². The molecular formula is C18H17BrN2O4S. The van der Waals surface area contributed by atoms with Gasteiger partial charge in [-0.3, -0.25) is 9.59 Å². The van der Waals surface area contributed by atoms with Crippen molar-refractivity contribution in [1.29, 1.82) is 0 Å². The maximum atomic E-state index is 12.5. The number of methoxy groups -OCH3 is 1. The molecule has 136 valence electrons. The number of anilines is 1. The Morgan fingerprint density at radius 1 is 1.23 bits per heavy atom. The van der Waals surface area contributed by atoms with Crippen LogP contribution in [0, 0.1) is 0 Å². The van der Waals surface area contributed by atoms with E-state index in [4.69, 9.17) is 4.74 Å². The number of esters is 1. The predicted octanol–water partition coefficient (Wildman–Crippen LogP) is 3.45. The van der Waals surface area contributed by atoms with Gasteiger partial charge in [-0.2, -0.15) is 0 Å². The Kier molecular flexibility index (Phi) is 5.43. The Labute approximate surface area is 163 Å². The second kappa shape index (κ2) is 7.59. The quantitative estimate of drug-likeness (QED) is 0.747. The van der Waals surface area contributed by atoms with E-state index >= 15 is 0 Å². The van der Waals surface area contributed by atoms with Crippen molar-refractivity contribution in [1.82, 2.24) is 4.90 Å². The van der Waals surface area contributed by atoms with Crippen LogP contribution in [0.1, 0.15) is 38.1 Å². The van der Waals surface area contributed by atoms with E-state index < -0.39 is 5.97 Å². The van der Waals surface area contributed by atoms with Crippen LogP contribution in [0.5, 0.6) is 0 Å². The molecule has 1 aromatic carbocycles. The fourth-order valence-electron chi connectivity index (χ4n) is 2.85. The van der Waals surface area contributed by atoms with E-state index in [0.29, 0.717) is 35.6 Å². The summed E-state index contributed by atoms with van der Waals surface area (Å²) in [6.45, 7) is 2.51. The van der Waals surface area contributed by atoms with Gasteiger partial charge < -0.3 is 15.0 Å². The van der Waals surface area contributed by atoms with Crippen LogP contribution in [0.2, 0.25) is 0 Å². The summed E-state index contributed by atoms with van der Waals surface area (Å²) in [5.74, 6) is -0.793. The number of rotatable bonds is 3. The number of hydrogen-bond donors (Lipinski definition) is 1. The summed E-state index contributed by atoms with van der Waals surface area (Å²) in [6, 6.07) is 6.95. The van der Waals surface area contributed by atoms with E-state index in [1.807, 2.05) is 0 Å². The minimum Gasteiger partial charge on any atom is -0.465 e. The number of thiophene rings is 1. The first-order valence-corrected chi connectivity index (χ1v) is 9.57. The fraction of sp³-hybridized carbons (Fsp3) is 0.278. The highest BCUT2D eigenvalue weighted by molar-refractivity contribution is 9.10. The monoisotopic (exact) mass is 436 g/mol. The fourth-order valence-corrected chi connectivity index (χ4v) is 4.37. The molecule has 0 atom stereocenters. The second-order valence-electron chi connectivity index (χ2n) is 5.85. The van der Waals surface area contributed by atoms with Gasteiger partial charge in [0.1, 0.15) is 5.00 Å². The first-order chi connectivity index (χ1) is 12.4. The smallest absolute Gasteiger partial charge is 0.341 e. The van der Waals surface area contributed by atoms with E-state index in [-0.39, 0.29) is 11.8 Å². The maximum absolute atomic E-state index is 12.5. The van der Waals surface area contributed by atoms with Gasteiger partial charge in [-0.15, -0.1) is 11.3 Å². The van der Waals surface area contributed by atoms with Gasteiger partial charge in [0.05, 0.1) is 19.2 Å². The lowest BCUT2D eigenvalue weighted by Gasteiger charge is -2.25. The van der Waals surface area contributed by atoms with Crippen molar-refractivity contribution in [2.45, 2.75) is 19.9 Å². The van der Waals surface area contributed by atoms with Gasteiger partial charge in [0.25, 0.3) is 5.91 Å². The van der Waals surface area contributed by atoms with Crippen molar-refractivity contribution in [3.63, 3.8) is 0 Å². The Bertz CT molecular complexity index is 876. The van der Waals surface area contributed by atoms with E-state index in [9.17, 15) is 14.4 Å². The summed E-state index contributed by atoms with van der Waals surface area (Å²) >= 11 is 4.65. The molecule has 0 radical (unpaired) electrons. The molecule has 1 N–H and O–H groups in total. The molecule has 0 aliphatic carbocycles. The third kappa shape index (κ3) is 3.66. The topological polar surface area (TPSA) is 75.7 Å². The van der Waals surface area contributed by atoms with Gasteiger partial charge in [-0.25, -0.2) is 4.79 Å². The normalized spacial score (nSPS) is 13.1. The lowest BCUT2D eigenvalue weighted by atomic mass is 10.0. The molecule has 26 heavy (non-hydrogen) atoms. The van der Waals surface area contributed by atoms with E-state index in [2.05, 4.69) is 21.2 Å². The summed E-state index contributed by atoms with van der Waals surface area (Å²) in [5.41, 5.74) is 1.73. The molecule has 0 fully saturated rings. The molecule has 3 rings (SSSR count). The number of benzene rings is 1. The molecule has 2 amide bonds. The van der Waals surface area contributed by atoms with Crippen LogP contribution in [0.4, 0.5) is 5.00 Å². The lowest BCUT2D eigenvalue weighted by Crippen LogP contribution is -2.33. The molecule has 6 nitrogen and oxygen atoms in total. The third-order valence-corrected chi connectivity index (χ3v) is 5.89. The molecule has 1 aliphatic heterocycles. The zero-order valence-corrected chi connectivity index (χ0v) is 16.7. The summed E-state index contributed by atoms with van der Waals surface area (Å²) in [7, 11) is 1.32. The van der Waals surface area contributed by atoms with Gasteiger partial charge in [-0.1, -0.05) is 15.9 Å². The van der Waals surface area contributed by atoms with E-state index in [1.54, 1.807) is 29.2 Å². The van der Waals surface area contributed by atoms with Crippen LogP contribution in [0.3, 0.4) is 0 Å². The molecule has 2 aromatic rings. The number of carbonyl (C=O) groups is 3. The van der Waals surface area contributed by atoms with E-state index in [1.165, 1.54) is 25.4 Å². The van der Waals surface area contributed by atoms with Crippen molar-refractivity contribution in [3.8, 4) is 0 Å². The first-order valence-electron chi connectivity index (χ1n) is 7.96. The van der Waals surface area contributed by atoms with Crippen molar-refractivity contribution < 1.29 is 19.1 Å². The van der Waals surface area contributed by atoms with Gasteiger partial charge >= 0.3 is 5.97 Å². The minimum absolute atomic E-state index is 0.0101. The third-order valence-electron chi connectivity index (χ3n) is 4.23. The Morgan fingerprint density at radius 3 is 2.54 bits per heavy atom. The zero-order valence-electron chi connectivity index (χ0n) is 14.3. The first kappa shape index (κ1) is 18.6. The second-order valence-corrected chi connectivity index (χ2v) is 7.87. The van der Waals surface area contributed by atoms with Crippen LogP contribution in [-0.4, -0.2) is 36.3 Å². The number of fused-ring (bicyclic) bond motifs is 1. The van der Waals surface area contributed by atoms with Crippen molar-refractivity contribution >= 4 is 50.1 Å². The summed E-state index contributed by atoms with van der Waals surface area (Å²) < 4.78 is 5.78. The molecule has 0 saturated heterocycles. The molecule has 0 saturated carbocycles. The van der Waals surface area contributed by atoms with Crippen LogP contribution < -0.4 is 5.32 Å². The zero-order chi connectivity index (χ0) is 18.8. The van der Waals surface area contributed by atoms with Crippen molar-refractivity contribution in [3.05, 3.63) is 50.3 Å². The Hall–Kier alpha value is -2.19. The molecule has 0 unspecified atom stereocenters. The van der Waals surface area contributed by atoms with Crippen molar-refractivity contribution in [2.75, 3.05) is 19.0 Å². The Balaban J connectivity index is 1.93. The lowest BCUT2D eigenvalue weighted by molar-refractivity contribution is -0.129. The van der Waals surface area contributed by atoms with Crippen LogP contribution in [0.15, 0.2) is 28.7 Å².